The number of carboxylic acids is 1. The molecule has 2 atom stereocenters. The van der Waals surface area contributed by atoms with Gasteiger partial charge in [-0.25, -0.2) is 9.97 Å². The summed E-state index contributed by atoms with van der Waals surface area (Å²) in [5.74, 6) is 0.368. The number of rotatable bonds is 4. The Morgan fingerprint density at radius 1 is 1.53 bits per heavy atom. The maximum Gasteiger partial charge on any atom is 0.308 e. The molecule has 1 aliphatic rings. The summed E-state index contributed by atoms with van der Waals surface area (Å²) >= 11 is 0. The Bertz CT molecular complexity index is 478. The average Bonchev–Trinajstić information content (AvgIpc) is 2.74. The van der Waals surface area contributed by atoms with Gasteiger partial charge in [0.2, 0.25) is 5.88 Å². The average molecular weight is 265 g/mol. The van der Waals surface area contributed by atoms with Crippen LogP contribution in [0.1, 0.15) is 19.4 Å². The number of anilines is 1. The third-order valence-corrected chi connectivity index (χ3v) is 3.52. The van der Waals surface area contributed by atoms with Gasteiger partial charge in [0.1, 0.15) is 12.1 Å². The number of hydrogen-bond acceptors (Lipinski definition) is 5. The minimum Gasteiger partial charge on any atom is -0.481 e. The lowest BCUT2D eigenvalue weighted by atomic mass is 9.99. The Hall–Kier alpha value is -1.85. The van der Waals surface area contributed by atoms with Crippen molar-refractivity contribution in [2.75, 3.05) is 24.6 Å². The Kier molecular flexibility index (Phi) is 3.87. The van der Waals surface area contributed by atoms with Gasteiger partial charge in [-0.3, -0.25) is 4.79 Å². The second kappa shape index (κ2) is 5.42. The van der Waals surface area contributed by atoms with E-state index in [0.29, 0.717) is 25.6 Å². The van der Waals surface area contributed by atoms with E-state index in [0.717, 1.165) is 11.4 Å². The largest absolute Gasteiger partial charge is 0.481 e. The van der Waals surface area contributed by atoms with Crippen molar-refractivity contribution < 1.29 is 14.6 Å². The third kappa shape index (κ3) is 2.62. The van der Waals surface area contributed by atoms with Gasteiger partial charge in [-0.2, -0.15) is 0 Å². The van der Waals surface area contributed by atoms with Crippen molar-refractivity contribution in [3.63, 3.8) is 0 Å². The van der Waals surface area contributed by atoms with Crippen molar-refractivity contribution in [3.05, 3.63) is 11.9 Å². The summed E-state index contributed by atoms with van der Waals surface area (Å²) in [4.78, 5) is 21.5. The fourth-order valence-corrected chi connectivity index (χ4v) is 2.49. The summed E-state index contributed by atoms with van der Waals surface area (Å²) in [5.41, 5.74) is 0.864. The van der Waals surface area contributed by atoms with Crippen LogP contribution in [-0.4, -0.2) is 40.7 Å². The van der Waals surface area contributed by atoms with Gasteiger partial charge in [0, 0.05) is 13.1 Å². The molecule has 2 heterocycles. The first-order valence-electron chi connectivity index (χ1n) is 6.46. The van der Waals surface area contributed by atoms with E-state index < -0.39 is 5.97 Å². The normalized spacial score (nSPS) is 22.6. The fourth-order valence-electron chi connectivity index (χ4n) is 2.49. The van der Waals surface area contributed by atoms with Gasteiger partial charge >= 0.3 is 5.97 Å². The van der Waals surface area contributed by atoms with E-state index in [4.69, 9.17) is 4.74 Å². The van der Waals surface area contributed by atoms with E-state index in [-0.39, 0.29) is 11.8 Å². The molecule has 2 rings (SSSR count). The summed E-state index contributed by atoms with van der Waals surface area (Å²) in [7, 11) is 0. The van der Waals surface area contributed by atoms with Crippen LogP contribution >= 0.6 is 0 Å². The molecule has 0 amide bonds. The Morgan fingerprint density at radius 2 is 2.26 bits per heavy atom. The number of ether oxygens (including phenoxy) is 1. The molecular formula is C13H19N3O3. The number of carbonyl (C=O) groups is 1. The van der Waals surface area contributed by atoms with Gasteiger partial charge in [-0.15, -0.1) is 0 Å². The SMILES string of the molecule is CCOc1ncnc(N2C[C@@H](C)[C@H](C(=O)O)C2)c1C. The molecule has 1 aliphatic heterocycles. The number of carboxylic acid groups (broad SMARTS) is 1. The molecule has 0 radical (unpaired) electrons. The maximum atomic E-state index is 11.2. The molecule has 1 N–H and O–H groups in total. The number of hydrogen-bond donors (Lipinski definition) is 1. The van der Waals surface area contributed by atoms with Crippen molar-refractivity contribution in [1.29, 1.82) is 0 Å². The van der Waals surface area contributed by atoms with E-state index in [1.807, 2.05) is 25.7 Å². The van der Waals surface area contributed by atoms with Crippen molar-refractivity contribution in [1.82, 2.24) is 9.97 Å². The van der Waals surface area contributed by atoms with Crippen molar-refractivity contribution in [3.8, 4) is 5.88 Å². The van der Waals surface area contributed by atoms with Crippen LogP contribution in [0.25, 0.3) is 0 Å². The molecule has 0 spiro atoms. The standard InChI is InChI=1S/C13H19N3O3/c1-4-19-12-9(3)11(14-7-15-12)16-5-8(2)10(6-16)13(17)18/h7-8,10H,4-6H2,1-3H3,(H,17,18)/t8-,10-/m1/s1. The highest BCUT2D eigenvalue weighted by molar-refractivity contribution is 5.72. The molecule has 0 unspecified atom stereocenters. The van der Waals surface area contributed by atoms with Crippen LogP contribution in [0.3, 0.4) is 0 Å². The van der Waals surface area contributed by atoms with Crippen LogP contribution in [0.5, 0.6) is 5.88 Å². The van der Waals surface area contributed by atoms with Gasteiger partial charge in [0.05, 0.1) is 18.1 Å². The molecule has 104 valence electrons. The van der Waals surface area contributed by atoms with Gasteiger partial charge in [-0.05, 0) is 19.8 Å². The molecule has 1 fully saturated rings. The summed E-state index contributed by atoms with van der Waals surface area (Å²) in [6.07, 6.45) is 1.46. The zero-order valence-corrected chi connectivity index (χ0v) is 11.5. The van der Waals surface area contributed by atoms with E-state index in [1.54, 1.807) is 0 Å². The highest BCUT2D eigenvalue weighted by Gasteiger charge is 2.36. The lowest BCUT2D eigenvalue weighted by Gasteiger charge is -2.20. The van der Waals surface area contributed by atoms with Crippen LogP contribution in [0.2, 0.25) is 0 Å². The van der Waals surface area contributed by atoms with Crippen LogP contribution in [-0.2, 0) is 4.79 Å². The van der Waals surface area contributed by atoms with E-state index in [2.05, 4.69) is 9.97 Å². The van der Waals surface area contributed by atoms with Gasteiger partial charge in [0.25, 0.3) is 0 Å². The monoisotopic (exact) mass is 265 g/mol. The van der Waals surface area contributed by atoms with E-state index in [1.165, 1.54) is 6.33 Å². The topological polar surface area (TPSA) is 75.6 Å². The van der Waals surface area contributed by atoms with Gasteiger partial charge < -0.3 is 14.7 Å². The first-order chi connectivity index (χ1) is 9.04. The van der Waals surface area contributed by atoms with Crippen LogP contribution in [0, 0.1) is 18.8 Å². The van der Waals surface area contributed by atoms with Crippen molar-refractivity contribution in [2.45, 2.75) is 20.8 Å². The smallest absolute Gasteiger partial charge is 0.308 e. The number of nitrogens with zero attached hydrogens (tertiary/aromatic N) is 3. The van der Waals surface area contributed by atoms with Crippen molar-refractivity contribution in [2.24, 2.45) is 11.8 Å². The molecule has 1 saturated heterocycles. The lowest BCUT2D eigenvalue weighted by molar-refractivity contribution is -0.142. The van der Waals surface area contributed by atoms with E-state index in [9.17, 15) is 9.90 Å². The quantitative estimate of drug-likeness (QED) is 0.885. The zero-order valence-electron chi connectivity index (χ0n) is 11.5. The Labute approximate surface area is 112 Å². The van der Waals surface area contributed by atoms with Gasteiger partial charge in [-0.1, -0.05) is 6.92 Å². The predicted octanol–water partition coefficient (Wildman–Crippen LogP) is 1.34. The minimum absolute atomic E-state index is 0.113. The molecule has 6 heteroatoms. The van der Waals surface area contributed by atoms with Crippen LogP contribution in [0.4, 0.5) is 5.82 Å². The molecule has 0 aliphatic carbocycles. The predicted molar refractivity (Wildman–Crippen MR) is 70.4 cm³/mol. The highest BCUT2D eigenvalue weighted by atomic mass is 16.5. The van der Waals surface area contributed by atoms with Gasteiger partial charge in [0.15, 0.2) is 0 Å². The molecule has 0 aromatic carbocycles. The Morgan fingerprint density at radius 3 is 2.84 bits per heavy atom. The second-order valence-corrected chi connectivity index (χ2v) is 4.89. The van der Waals surface area contributed by atoms with Crippen LogP contribution < -0.4 is 9.64 Å². The fraction of sp³-hybridized carbons (Fsp3) is 0.615. The first-order valence-corrected chi connectivity index (χ1v) is 6.46. The second-order valence-electron chi connectivity index (χ2n) is 4.89. The molecule has 19 heavy (non-hydrogen) atoms. The Balaban J connectivity index is 2.24. The summed E-state index contributed by atoms with van der Waals surface area (Å²) in [6.45, 7) is 7.49. The maximum absolute atomic E-state index is 11.2. The van der Waals surface area contributed by atoms with Crippen LogP contribution in [0.15, 0.2) is 6.33 Å². The molecule has 1 aromatic heterocycles. The minimum atomic E-state index is -0.744. The molecule has 0 bridgehead atoms. The number of aromatic nitrogens is 2. The molecule has 6 nitrogen and oxygen atoms in total. The first kappa shape index (κ1) is 13.6. The highest BCUT2D eigenvalue weighted by Crippen LogP contribution is 2.31. The summed E-state index contributed by atoms with van der Waals surface area (Å²) in [6, 6.07) is 0. The number of aliphatic carboxylic acids is 1. The zero-order chi connectivity index (χ0) is 14.0. The lowest BCUT2D eigenvalue weighted by Crippen LogP contribution is -2.24. The summed E-state index contributed by atoms with van der Waals surface area (Å²) < 4.78 is 5.44. The summed E-state index contributed by atoms with van der Waals surface area (Å²) in [5, 5.41) is 9.17. The third-order valence-electron chi connectivity index (χ3n) is 3.52. The molecule has 0 saturated carbocycles. The van der Waals surface area contributed by atoms with Crippen molar-refractivity contribution >= 4 is 11.8 Å². The molecule has 1 aromatic rings. The molecular weight excluding hydrogens is 246 g/mol. The van der Waals surface area contributed by atoms with E-state index >= 15 is 0 Å².